The second-order valence-corrected chi connectivity index (χ2v) is 6.53. The Hall–Kier alpha value is -2.41. The van der Waals surface area contributed by atoms with E-state index < -0.39 is 11.8 Å². The number of rotatable bonds is 8. The first-order valence-corrected chi connectivity index (χ1v) is 8.61. The van der Waals surface area contributed by atoms with Gasteiger partial charge in [0.15, 0.2) is 0 Å². The summed E-state index contributed by atoms with van der Waals surface area (Å²) < 4.78 is 25.7. The van der Waals surface area contributed by atoms with Crippen LogP contribution in [0.3, 0.4) is 0 Å². The molecule has 25 heavy (non-hydrogen) atoms. The van der Waals surface area contributed by atoms with Crippen LogP contribution in [0.4, 0.5) is 8.78 Å². The fourth-order valence-corrected chi connectivity index (χ4v) is 2.87. The Kier molecular flexibility index (Phi) is 6.94. The molecule has 7 heteroatoms. The summed E-state index contributed by atoms with van der Waals surface area (Å²) in [7, 11) is 0. The minimum Gasteiger partial charge on any atom is -0.369 e. The number of nitrogens with one attached hydrogen (secondary N) is 1. The number of hydrogen-bond acceptors (Lipinski definition) is 3. The van der Waals surface area contributed by atoms with E-state index in [0.717, 1.165) is 10.5 Å². The number of primary amides is 1. The quantitative estimate of drug-likeness (QED) is 0.707. The van der Waals surface area contributed by atoms with Gasteiger partial charge in [0.05, 0.1) is 11.7 Å². The summed E-state index contributed by atoms with van der Waals surface area (Å²) in [5.74, 6) is -1.90. The molecule has 2 aromatic carbocycles. The predicted molar refractivity (Wildman–Crippen MR) is 92.9 cm³/mol. The minimum absolute atomic E-state index is 0.107. The van der Waals surface area contributed by atoms with Crippen molar-refractivity contribution < 1.29 is 18.4 Å². The van der Waals surface area contributed by atoms with E-state index in [1.807, 2.05) is 0 Å². The molecule has 0 aliphatic carbocycles. The Morgan fingerprint density at radius 2 is 1.56 bits per heavy atom. The smallest absolute Gasteiger partial charge is 0.230 e. The molecule has 0 bridgehead atoms. The van der Waals surface area contributed by atoms with Crippen LogP contribution in [0.15, 0.2) is 53.4 Å². The van der Waals surface area contributed by atoms with Crippen molar-refractivity contribution in [1.29, 1.82) is 0 Å². The highest BCUT2D eigenvalue weighted by Gasteiger charge is 2.17. The van der Waals surface area contributed by atoms with E-state index in [2.05, 4.69) is 5.32 Å². The lowest BCUT2D eigenvalue weighted by atomic mass is 9.98. The lowest BCUT2D eigenvalue weighted by Crippen LogP contribution is -2.37. The Bertz CT molecular complexity index is 721. The van der Waals surface area contributed by atoms with Crippen molar-refractivity contribution in [3.05, 3.63) is 65.7 Å². The largest absolute Gasteiger partial charge is 0.369 e. The van der Waals surface area contributed by atoms with Crippen molar-refractivity contribution in [2.75, 3.05) is 12.3 Å². The molecule has 0 saturated heterocycles. The highest BCUT2D eigenvalue weighted by molar-refractivity contribution is 8.00. The summed E-state index contributed by atoms with van der Waals surface area (Å²) in [6.45, 7) is 0.107. The Morgan fingerprint density at radius 3 is 2.12 bits per heavy atom. The number of carbonyl (C=O) groups is 2. The van der Waals surface area contributed by atoms with Crippen molar-refractivity contribution >= 4 is 23.6 Å². The molecule has 0 aliphatic heterocycles. The van der Waals surface area contributed by atoms with Gasteiger partial charge in [0.1, 0.15) is 11.6 Å². The molecule has 2 amide bonds. The first kappa shape index (κ1) is 18.9. The average Bonchev–Trinajstić information content (AvgIpc) is 2.59. The zero-order valence-electron chi connectivity index (χ0n) is 13.4. The van der Waals surface area contributed by atoms with Crippen molar-refractivity contribution in [2.45, 2.75) is 11.3 Å². The third-order valence-electron chi connectivity index (χ3n) is 3.53. The Morgan fingerprint density at radius 1 is 1.00 bits per heavy atom. The maximum absolute atomic E-state index is 12.9. The Balaban J connectivity index is 1.81. The molecular formula is C18H18F2N2O2S. The maximum atomic E-state index is 12.9. The van der Waals surface area contributed by atoms with Gasteiger partial charge in [-0.2, -0.15) is 0 Å². The summed E-state index contributed by atoms with van der Waals surface area (Å²) in [4.78, 5) is 24.2. The SMILES string of the molecule is NC(=O)C(CNC(=O)CSc1ccc(F)cc1)Cc1ccc(F)cc1. The van der Waals surface area contributed by atoms with Gasteiger partial charge < -0.3 is 11.1 Å². The van der Waals surface area contributed by atoms with Crippen LogP contribution in [-0.2, 0) is 16.0 Å². The molecule has 0 saturated carbocycles. The van der Waals surface area contributed by atoms with E-state index in [1.165, 1.54) is 36.0 Å². The van der Waals surface area contributed by atoms with Gasteiger partial charge in [-0.25, -0.2) is 8.78 Å². The van der Waals surface area contributed by atoms with E-state index >= 15 is 0 Å². The molecule has 0 spiro atoms. The van der Waals surface area contributed by atoms with Crippen LogP contribution in [-0.4, -0.2) is 24.1 Å². The molecule has 3 N–H and O–H groups in total. The summed E-state index contributed by atoms with van der Waals surface area (Å²) in [5, 5.41) is 2.67. The third-order valence-corrected chi connectivity index (χ3v) is 4.54. The van der Waals surface area contributed by atoms with Gasteiger partial charge in [0.2, 0.25) is 11.8 Å². The van der Waals surface area contributed by atoms with Gasteiger partial charge in [-0.05, 0) is 48.4 Å². The fraction of sp³-hybridized carbons (Fsp3) is 0.222. The average molecular weight is 364 g/mol. The molecule has 2 rings (SSSR count). The first-order chi connectivity index (χ1) is 11.9. The van der Waals surface area contributed by atoms with E-state index in [-0.39, 0.29) is 29.8 Å². The first-order valence-electron chi connectivity index (χ1n) is 7.63. The van der Waals surface area contributed by atoms with Crippen LogP contribution in [0.2, 0.25) is 0 Å². The number of amides is 2. The van der Waals surface area contributed by atoms with Crippen LogP contribution in [0, 0.1) is 17.6 Å². The van der Waals surface area contributed by atoms with E-state index in [1.54, 1.807) is 24.3 Å². The van der Waals surface area contributed by atoms with Gasteiger partial charge in [-0.15, -0.1) is 11.8 Å². The van der Waals surface area contributed by atoms with Gasteiger partial charge >= 0.3 is 0 Å². The van der Waals surface area contributed by atoms with Crippen LogP contribution >= 0.6 is 11.8 Å². The van der Waals surface area contributed by atoms with Crippen LogP contribution in [0.1, 0.15) is 5.56 Å². The standard InChI is InChI=1S/C18H18F2N2O2S/c19-14-3-1-12(2-4-14)9-13(18(21)24)10-22-17(23)11-25-16-7-5-15(20)6-8-16/h1-8,13H,9-11H2,(H2,21,24)(H,22,23). The predicted octanol–water partition coefficient (Wildman–Crippen LogP) is 2.52. The van der Waals surface area contributed by atoms with Crippen molar-refractivity contribution in [3.63, 3.8) is 0 Å². The summed E-state index contributed by atoms with van der Waals surface area (Å²) in [6.07, 6.45) is 0.320. The van der Waals surface area contributed by atoms with E-state index in [9.17, 15) is 18.4 Å². The fourth-order valence-electron chi connectivity index (χ4n) is 2.15. The second kappa shape index (κ2) is 9.17. The molecule has 0 aromatic heterocycles. The van der Waals surface area contributed by atoms with Crippen LogP contribution < -0.4 is 11.1 Å². The van der Waals surface area contributed by atoms with Crippen molar-refractivity contribution in [3.8, 4) is 0 Å². The third kappa shape index (κ3) is 6.54. The molecule has 4 nitrogen and oxygen atoms in total. The molecule has 1 unspecified atom stereocenters. The molecule has 0 fully saturated rings. The molecule has 1 atom stereocenters. The van der Waals surface area contributed by atoms with Gasteiger partial charge in [0, 0.05) is 11.4 Å². The number of nitrogens with two attached hydrogens (primary N) is 1. The van der Waals surface area contributed by atoms with Gasteiger partial charge in [-0.3, -0.25) is 9.59 Å². The zero-order valence-corrected chi connectivity index (χ0v) is 14.2. The lowest BCUT2D eigenvalue weighted by Gasteiger charge is -2.14. The minimum atomic E-state index is -0.578. The number of halogens is 2. The summed E-state index contributed by atoms with van der Waals surface area (Å²) in [5.41, 5.74) is 6.14. The zero-order chi connectivity index (χ0) is 18.2. The van der Waals surface area contributed by atoms with E-state index in [4.69, 9.17) is 5.73 Å². The normalized spacial score (nSPS) is 11.8. The number of thioether (sulfide) groups is 1. The molecular weight excluding hydrogens is 346 g/mol. The van der Waals surface area contributed by atoms with Gasteiger partial charge in [-0.1, -0.05) is 12.1 Å². The molecule has 0 heterocycles. The van der Waals surface area contributed by atoms with Crippen LogP contribution in [0.25, 0.3) is 0 Å². The molecule has 132 valence electrons. The van der Waals surface area contributed by atoms with E-state index in [0.29, 0.717) is 6.42 Å². The highest BCUT2D eigenvalue weighted by Crippen LogP contribution is 2.17. The second-order valence-electron chi connectivity index (χ2n) is 5.48. The summed E-state index contributed by atoms with van der Waals surface area (Å²) >= 11 is 1.27. The Labute approximate surface area is 148 Å². The molecule has 0 radical (unpaired) electrons. The monoisotopic (exact) mass is 364 g/mol. The van der Waals surface area contributed by atoms with Crippen molar-refractivity contribution in [1.82, 2.24) is 5.32 Å². The highest BCUT2D eigenvalue weighted by atomic mass is 32.2. The number of benzene rings is 2. The lowest BCUT2D eigenvalue weighted by molar-refractivity contribution is -0.122. The topological polar surface area (TPSA) is 72.2 Å². The maximum Gasteiger partial charge on any atom is 0.230 e. The number of carbonyl (C=O) groups excluding carboxylic acids is 2. The molecule has 2 aromatic rings. The summed E-state index contributed by atoms with van der Waals surface area (Å²) in [6, 6.07) is 11.6. The molecule has 0 aliphatic rings. The van der Waals surface area contributed by atoms with Crippen LogP contribution in [0.5, 0.6) is 0 Å². The van der Waals surface area contributed by atoms with Crippen molar-refractivity contribution in [2.24, 2.45) is 11.7 Å². The van der Waals surface area contributed by atoms with Gasteiger partial charge in [0.25, 0.3) is 0 Å². The number of hydrogen-bond donors (Lipinski definition) is 2.